The van der Waals surface area contributed by atoms with Crippen molar-refractivity contribution in [3.8, 4) is 0 Å². The van der Waals surface area contributed by atoms with E-state index < -0.39 is 48.3 Å². The molecule has 0 aromatic carbocycles. The minimum Gasteiger partial charge on any atom is -0.481 e. The number of carboxylic acids is 5. The Morgan fingerprint density at radius 3 is 1.04 bits per heavy atom. The van der Waals surface area contributed by atoms with E-state index in [-0.39, 0.29) is 66.5 Å². The maximum Gasteiger partial charge on any atom is 1.00 e. The average molecular weight is 372 g/mol. The summed E-state index contributed by atoms with van der Waals surface area (Å²) < 4.78 is 0. The molecular formula is C11H18Na2O11. The Morgan fingerprint density at radius 2 is 0.958 bits per heavy atom. The monoisotopic (exact) mass is 372 g/mol. The zero-order valence-corrected chi connectivity index (χ0v) is 17.8. The summed E-state index contributed by atoms with van der Waals surface area (Å²) in [6.07, 6.45) is -2.29. The van der Waals surface area contributed by atoms with Crippen molar-refractivity contribution in [3.05, 3.63) is 14.4 Å². The summed E-state index contributed by atoms with van der Waals surface area (Å²) in [6.45, 7) is 5.00. The number of carboxylic acid groups (broad SMARTS) is 5. The van der Waals surface area contributed by atoms with Gasteiger partial charge in [-0.2, -0.15) is 6.92 Å². The van der Waals surface area contributed by atoms with Crippen molar-refractivity contribution < 1.29 is 114 Å². The number of aliphatic hydroxyl groups is 1. The van der Waals surface area contributed by atoms with Crippen LogP contribution in [-0.4, -0.2) is 66.1 Å². The van der Waals surface area contributed by atoms with Gasteiger partial charge in [0.05, 0.1) is 12.8 Å². The molecule has 0 bridgehead atoms. The summed E-state index contributed by atoms with van der Waals surface area (Å²) in [6, 6.07) is 0. The Bertz CT molecular complexity index is 381. The van der Waals surface area contributed by atoms with Crippen molar-refractivity contribution in [2.45, 2.75) is 25.4 Å². The fourth-order valence-electron chi connectivity index (χ4n) is 0.714. The molecule has 0 radical (unpaired) electrons. The summed E-state index contributed by atoms with van der Waals surface area (Å²) in [4.78, 5) is 48.7. The molecule has 11 nitrogen and oxygen atoms in total. The van der Waals surface area contributed by atoms with E-state index in [1.165, 1.54) is 0 Å². The zero-order valence-electron chi connectivity index (χ0n) is 13.8. The first kappa shape index (κ1) is 38.7. The van der Waals surface area contributed by atoms with Gasteiger partial charge >= 0.3 is 89.0 Å². The van der Waals surface area contributed by atoms with Crippen LogP contribution in [-0.2, 0) is 24.0 Å². The van der Waals surface area contributed by atoms with Gasteiger partial charge in [0.1, 0.15) is 0 Å². The van der Waals surface area contributed by atoms with Gasteiger partial charge in [0.15, 0.2) is 5.60 Å². The van der Waals surface area contributed by atoms with Crippen LogP contribution < -0.4 is 59.1 Å². The van der Waals surface area contributed by atoms with Gasteiger partial charge in [-0.3, -0.25) is 9.59 Å². The van der Waals surface area contributed by atoms with E-state index in [0.717, 1.165) is 0 Å². The number of aliphatic carboxylic acids is 5. The van der Waals surface area contributed by atoms with Crippen LogP contribution in [0.1, 0.15) is 19.8 Å². The fourth-order valence-corrected chi connectivity index (χ4v) is 0.714. The van der Waals surface area contributed by atoms with Crippen LogP contribution >= 0.6 is 0 Å². The van der Waals surface area contributed by atoms with Gasteiger partial charge in [-0.25, -0.2) is 14.4 Å². The van der Waals surface area contributed by atoms with Crippen molar-refractivity contribution in [2.75, 3.05) is 0 Å². The second-order valence-electron chi connectivity index (χ2n) is 3.09. The van der Waals surface area contributed by atoms with Gasteiger partial charge in [-0.1, -0.05) is 0 Å². The minimum absolute atomic E-state index is 0. The smallest absolute Gasteiger partial charge is 0.481 e. The second kappa shape index (κ2) is 20.4. The van der Waals surface area contributed by atoms with Crippen LogP contribution in [0.25, 0.3) is 0 Å². The molecule has 0 aliphatic carbocycles. The largest absolute Gasteiger partial charge is 1.00 e. The van der Waals surface area contributed by atoms with Gasteiger partial charge in [0.25, 0.3) is 0 Å². The number of hydrogen-bond donors (Lipinski definition) is 6. The van der Waals surface area contributed by atoms with E-state index in [1.54, 1.807) is 6.92 Å². The van der Waals surface area contributed by atoms with Crippen LogP contribution in [0.2, 0.25) is 0 Å². The molecule has 0 atom stereocenters. The van der Waals surface area contributed by atoms with Crippen molar-refractivity contribution in [3.63, 3.8) is 0 Å². The number of hydrogen-bond acceptors (Lipinski definition) is 6. The molecule has 0 fully saturated rings. The quantitative estimate of drug-likeness (QED) is 0.152. The van der Waals surface area contributed by atoms with Crippen molar-refractivity contribution in [2.24, 2.45) is 0 Å². The summed E-state index contributed by atoms with van der Waals surface area (Å²) in [5.41, 5.74) is -2.74. The Labute approximate surface area is 182 Å². The molecule has 0 aromatic rings. The first-order valence-electron chi connectivity index (χ1n) is 4.98. The van der Waals surface area contributed by atoms with Gasteiger partial charge in [0.2, 0.25) is 0 Å². The van der Waals surface area contributed by atoms with Crippen molar-refractivity contribution in [1.29, 1.82) is 0 Å². The summed E-state index contributed by atoms with van der Waals surface area (Å²) in [5.74, 6) is -8.67. The Hall–Kier alpha value is -0.690. The van der Waals surface area contributed by atoms with E-state index in [2.05, 4.69) is 6.92 Å². The molecular weight excluding hydrogens is 354 g/mol. The van der Waals surface area contributed by atoms with Crippen LogP contribution in [0.5, 0.6) is 0 Å². The second-order valence-corrected chi connectivity index (χ2v) is 3.09. The molecule has 0 saturated carbocycles. The molecule has 0 heterocycles. The SMILES string of the molecule is O=C(O)C(=O)O.O=C(O)CC(O)(CC(=O)O)C(=O)O.[CH2-]C.[CH3-].[Na+].[Na+]. The maximum atomic E-state index is 10.3. The van der Waals surface area contributed by atoms with Crippen molar-refractivity contribution in [1.82, 2.24) is 0 Å². The van der Waals surface area contributed by atoms with E-state index in [1.807, 2.05) is 0 Å². The molecule has 0 aliphatic heterocycles. The Kier molecular flexibility index (Phi) is 32.8. The van der Waals surface area contributed by atoms with E-state index in [4.69, 9.17) is 40.2 Å². The third-order valence-corrected chi connectivity index (χ3v) is 1.47. The molecule has 0 unspecified atom stereocenters. The van der Waals surface area contributed by atoms with Gasteiger partial charge < -0.3 is 45.0 Å². The van der Waals surface area contributed by atoms with Crippen LogP contribution in [0.4, 0.5) is 0 Å². The van der Waals surface area contributed by atoms with E-state index in [9.17, 15) is 14.4 Å². The molecule has 13 heteroatoms. The number of rotatable bonds is 5. The zero-order chi connectivity index (χ0) is 17.8. The molecule has 0 aliphatic rings. The van der Waals surface area contributed by atoms with Gasteiger partial charge in [-0.05, 0) is 0 Å². The standard InChI is InChI=1S/C6H8O7.C2H2O4.C2H5.CH3.2Na/c7-3(8)1-6(13,5(11)12)2-4(9)10;3-1(4)2(5)6;1-2;;;/h13H,1-2H2,(H,7,8)(H,9,10)(H,11,12);(H,3,4)(H,5,6);1H2,2H3;1H3;;/q;;2*-1;2*+1. The van der Waals surface area contributed by atoms with Crippen molar-refractivity contribution >= 4 is 29.8 Å². The van der Waals surface area contributed by atoms with Crippen LogP contribution in [0.3, 0.4) is 0 Å². The van der Waals surface area contributed by atoms with E-state index >= 15 is 0 Å². The topological polar surface area (TPSA) is 207 Å². The molecule has 0 saturated heterocycles. The minimum atomic E-state index is -2.74. The van der Waals surface area contributed by atoms with Gasteiger partial charge in [0, 0.05) is 0 Å². The first-order chi connectivity index (χ1) is 9.42. The van der Waals surface area contributed by atoms with E-state index in [0.29, 0.717) is 0 Å². The first-order valence-corrected chi connectivity index (χ1v) is 4.98. The average Bonchev–Trinajstić information content (AvgIpc) is 2.29. The molecule has 0 amide bonds. The molecule has 0 aromatic heterocycles. The molecule has 24 heavy (non-hydrogen) atoms. The summed E-state index contributed by atoms with van der Waals surface area (Å²) >= 11 is 0. The Balaban J connectivity index is -0.0000000636. The van der Waals surface area contributed by atoms with Crippen LogP contribution in [0.15, 0.2) is 0 Å². The summed E-state index contributed by atoms with van der Waals surface area (Å²) in [5, 5.41) is 48.6. The fraction of sp³-hybridized carbons (Fsp3) is 0.364. The predicted octanol–water partition coefficient (Wildman–Crippen LogP) is -6.79. The predicted molar refractivity (Wildman–Crippen MR) is 69.8 cm³/mol. The molecule has 6 N–H and O–H groups in total. The maximum absolute atomic E-state index is 10.3. The van der Waals surface area contributed by atoms with Gasteiger partial charge in [-0.15, -0.1) is 0 Å². The summed E-state index contributed by atoms with van der Waals surface area (Å²) in [7, 11) is 0. The molecule has 0 spiro atoms. The number of carbonyl (C=O) groups is 5. The molecule has 130 valence electrons. The molecule has 0 rings (SSSR count). The third kappa shape index (κ3) is 23.6. The Morgan fingerprint density at radius 1 is 0.750 bits per heavy atom. The normalized spacial score (nSPS) is 7.96. The third-order valence-electron chi connectivity index (χ3n) is 1.47. The van der Waals surface area contributed by atoms with Crippen LogP contribution in [0, 0.1) is 14.4 Å².